The number of carbonyl (C=O) groups is 2. The minimum Gasteiger partial charge on any atom is -0.465 e. The Balaban J connectivity index is 2.28. The molecule has 0 aliphatic heterocycles. The van der Waals surface area contributed by atoms with Crippen molar-refractivity contribution in [3.8, 4) is 0 Å². The van der Waals surface area contributed by atoms with Crippen LogP contribution >= 0.6 is 11.3 Å². The number of methoxy groups -OCH3 is 1. The Morgan fingerprint density at radius 1 is 1.38 bits per heavy atom. The Hall–Kier alpha value is -1.40. The summed E-state index contributed by atoms with van der Waals surface area (Å²) in [5, 5.41) is 3.49. The Kier molecular flexibility index (Phi) is 5.00. The van der Waals surface area contributed by atoms with Crippen molar-refractivity contribution in [3.05, 3.63) is 16.0 Å². The molecule has 116 valence electrons. The van der Waals surface area contributed by atoms with Crippen LogP contribution in [0, 0.1) is 11.8 Å². The SMILES string of the molecule is COC(=O)c1c(NC(=O)C(CN)C(C)C)sc2c1CCC2. The van der Waals surface area contributed by atoms with E-state index < -0.39 is 0 Å². The van der Waals surface area contributed by atoms with Gasteiger partial charge in [0, 0.05) is 11.4 Å². The summed E-state index contributed by atoms with van der Waals surface area (Å²) in [7, 11) is 1.36. The monoisotopic (exact) mass is 310 g/mol. The molecule has 0 saturated carbocycles. The molecular weight excluding hydrogens is 288 g/mol. The average Bonchev–Trinajstić information content (AvgIpc) is 2.98. The highest BCUT2D eigenvalue weighted by atomic mass is 32.1. The van der Waals surface area contributed by atoms with Gasteiger partial charge in [-0.05, 0) is 30.7 Å². The molecule has 3 N–H and O–H groups in total. The maximum atomic E-state index is 12.3. The summed E-state index contributed by atoms with van der Waals surface area (Å²) >= 11 is 1.49. The molecule has 0 aromatic carbocycles. The number of nitrogens with one attached hydrogen (secondary N) is 1. The third-order valence-electron chi connectivity index (χ3n) is 3.94. The first-order chi connectivity index (χ1) is 9.99. The van der Waals surface area contributed by atoms with Crippen molar-refractivity contribution >= 4 is 28.2 Å². The first-order valence-electron chi connectivity index (χ1n) is 7.23. The van der Waals surface area contributed by atoms with Crippen molar-refractivity contribution < 1.29 is 14.3 Å². The predicted octanol–water partition coefficient (Wildman–Crippen LogP) is 2.19. The smallest absolute Gasteiger partial charge is 0.341 e. The second-order valence-corrected chi connectivity index (χ2v) is 6.73. The summed E-state index contributed by atoms with van der Waals surface area (Å²) < 4.78 is 4.87. The molecule has 0 spiro atoms. The molecule has 1 aromatic heterocycles. The molecule has 1 atom stereocenters. The molecule has 0 fully saturated rings. The second kappa shape index (κ2) is 6.58. The normalized spacial score (nSPS) is 14.9. The van der Waals surface area contributed by atoms with Gasteiger partial charge in [-0.15, -0.1) is 11.3 Å². The fourth-order valence-electron chi connectivity index (χ4n) is 2.70. The van der Waals surface area contributed by atoms with Crippen LogP contribution in [0.5, 0.6) is 0 Å². The van der Waals surface area contributed by atoms with Crippen molar-refractivity contribution in [1.82, 2.24) is 0 Å². The number of hydrogen-bond donors (Lipinski definition) is 2. The van der Waals surface area contributed by atoms with Gasteiger partial charge in [0.25, 0.3) is 0 Å². The molecule has 5 nitrogen and oxygen atoms in total. The largest absolute Gasteiger partial charge is 0.465 e. The van der Waals surface area contributed by atoms with Gasteiger partial charge in [0.05, 0.1) is 18.6 Å². The number of amides is 1. The Morgan fingerprint density at radius 2 is 2.10 bits per heavy atom. The van der Waals surface area contributed by atoms with Gasteiger partial charge in [-0.3, -0.25) is 4.79 Å². The third-order valence-corrected chi connectivity index (χ3v) is 5.15. The van der Waals surface area contributed by atoms with Gasteiger partial charge in [-0.25, -0.2) is 4.79 Å². The average molecular weight is 310 g/mol. The van der Waals surface area contributed by atoms with E-state index in [2.05, 4.69) is 5.32 Å². The first kappa shape index (κ1) is 16.0. The predicted molar refractivity (Wildman–Crippen MR) is 83.7 cm³/mol. The summed E-state index contributed by atoms with van der Waals surface area (Å²) in [6, 6.07) is 0. The van der Waals surface area contributed by atoms with Crippen LogP contribution in [0.15, 0.2) is 0 Å². The number of aryl methyl sites for hydroxylation is 1. The molecule has 0 bridgehead atoms. The summed E-state index contributed by atoms with van der Waals surface area (Å²) in [6.45, 7) is 4.22. The lowest BCUT2D eigenvalue weighted by atomic mass is 9.95. The fraction of sp³-hybridized carbons (Fsp3) is 0.600. The minimum absolute atomic E-state index is 0.127. The molecule has 6 heteroatoms. The summed E-state index contributed by atoms with van der Waals surface area (Å²) in [4.78, 5) is 25.5. The molecule has 1 aliphatic carbocycles. The zero-order chi connectivity index (χ0) is 15.6. The quantitative estimate of drug-likeness (QED) is 0.817. The van der Waals surface area contributed by atoms with Gasteiger partial charge >= 0.3 is 5.97 Å². The molecule has 1 amide bonds. The lowest BCUT2D eigenvalue weighted by molar-refractivity contribution is -0.120. The Bertz CT molecular complexity index is 551. The molecule has 0 saturated heterocycles. The Morgan fingerprint density at radius 3 is 2.67 bits per heavy atom. The summed E-state index contributed by atoms with van der Waals surface area (Å²) in [5.74, 6) is -0.605. The van der Waals surface area contributed by atoms with E-state index in [0.717, 1.165) is 24.8 Å². The van der Waals surface area contributed by atoms with Crippen LogP contribution in [0.1, 0.15) is 41.1 Å². The molecule has 21 heavy (non-hydrogen) atoms. The first-order valence-corrected chi connectivity index (χ1v) is 8.05. The topological polar surface area (TPSA) is 81.4 Å². The van der Waals surface area contributed by atoms with Crippen LogP contribution in [0.3, 0.4) is 0 Å². The maximum Gasteiger partial charge on any atom is 0.341 e. The van der Waals surface area contributed by atoms with E-state index in [-0.39, 0.29) is 23.7 Å². The van der Waals surface area contributed by atoms with Crippen LogP contribution in [-0.2, 0) is 22.4 Å². The van der Waals surface area contributed by atoms with Crippen LogP contribution in [-0.4, -0.2) is 25.5 Å². The van der Waals surface area contributed by atoms with Crippen molar-refractivity contribution in [3.63, 3.8) is 0 Å². The number of ether oxygens (including phenoxy) is 1. The molecule has 0 radical (unpaired) electrons. The molecule has 1 heterocycles. The lowest BCUT2D eigenvalue weighted by Crippen LogP contribution is -2.33. The molecule has 1 aliphatic rings. The van der Waals surface area contributed by atoms with Gasteiger partial charge in [0.2, 0.25) is 5.91 Å². The van der Waals surface area contributed by atoms with Crippen LogP contribution in [0.25, 0.3) is 0 Å². The number of thiophene rings is 1. The zero-order valence-electron chi connectivity index (χ0n) is 12.7. The number of nitrogens with two attached hydrogens (primary N) is 1. The van der Waals surface area contributed by atoms with E-state index >= 15 is 0 Å². The lowest BCUT2D eigenvalue weighted by Gasteiger charge is -2.18. The highest BCUT2D eigenvalue weighted by molar-refractivity contribution is 7.17. The van der Waals surface area contributed by atoms with Crippen molar-refractivity contribution in [2.75, 3.05) is 19.0 Å². The van der Waals surface area contributed by atoms with E-state index in [1.165, 1.54) is 23.3 Å². The van der Waals surface area contributed by atoms with Crippen LogP contribution < -0.4 is 11.1 Å². The number of rotatable bonds is 5. The van der Waals surface area contributed by atoms with Gasteiger partial charge in [-0.2, -0.15) is 0 Å². The second-order valence-electron chi connectivity index (χ2n) is 5.63. The van der Waals surface area contributed by atoms with Crippen LogP contribution in [0.2, 0.25) is 0 Å². The van der Waals surface area contributed by atoms with Gasteiger partial charge in [0.1, 0.15) is 5.00 Å². The summed E-state index contributed by atoms with van der Waals surface area (Å²) in [6.07, 6.45) is 2.89. The number of carbonyl (C=O) groups excluding carboxylic acids is 2. The summed E-state index contributed by atoms with van der Waals surface area (Å²) in [5.41, 5.74) is 7.24. The van der Waals surface area contributed by atoms with E-state index in [4.69, 9.17) is 10.5 Å². The van der Waals surface area contributed by atoms with Crippen LogP contribution in [0.4, 0.5) is 5.00 Å². The highest BCUT2D eigenvalue weighted by Crippen LogP contribution is 2.39. The number of hydrogen-bond acceptors (Lipinski definition) is 5. The molecule has 1 unspecified atom stereocenters. The van der Waals surface area contributed by atoms with E-state index in [1.54, 1.807) is 0 Å². The molecular formula is C15H22N2O3S. The zero-order valence-corrected chi connectivity index (χ0v) is 13.5. The van der Waals surface area contributed by atoms with Crippen molar-refractivity contribution in [1.29, 1.82) is 0 Å². The minimum atomic E-state index is -0.376. The highest BCUT2D eigenvalue weighted by Gasteiger charge is 2.29. The standard InChI is InChI=1S/C15H22N2O3S/c1-8(2)10(7-16)13(18)17-14-12(15(19)20-3)9-5-4-6-11(9)21-14/h8,10H,4-7,16H2,1-3H3,(H,17,18). The number of anilines is 1. The fourth-order valence-corrected chi connectivity index (χ4v) is 3.98. The van der Waals surface area contributed by atoms with E-state index in [1.807, 2.05) is 13.8 Å². The Labute approximate surface area is 128 Å². The third kappa shape index (κ3) is 3.11. The molecule has 1 aromatic rings. The van der Waals surface area contributed by atoms with Crippen molar-refractivity contribution in [2.24, 2.45) is 17.6 Å². The number of fused-ring (bicyclic) bond motifs is 1. The maximum absolute atomic E-state index is 12.3. The van der Waals surface area contributed by atoms with Gasteiger partial charge in [-0.1, -0.05) is 13.8 Å². The van der Waals surface area contributed by atoms with E-state index in [9.17, 15) is 9.59 Å². The van der Waals surface area contributed by atoms with E-state index in [0.29, 0.717) is 17.1 Å². The number of esters is 1. The van der Waals surface area contributed by atoms with Gasteiger partial charge in [0.15, 0.2) is 0 Å². The molecule has 2 rings (SSSR count). The van der Waals surface area contributed by atoms with Gasteiger partial charge < -0.3 is 15.8 Å². The van der Waals surface area contributed by atoms with Crippen molar-refractivity contribution in [2.45, 2.75) is 33.1 Å².